The van der Waals surface area contributed by atoms with Crippen molar-refractivity contribution in [3.05, 3.63) is 22.2 Å². The minimum Gasteiger partial charge on any atom is -0.454 e. The Labute approximate surface area is 155 Å². The Morgan fingerprint density at radius 2 is 2.04 bits per heavy atom. The summed E-state index contributed by atoms with van der Waals surface area (Å²) in [6.07, 6.45) is 3.74. The second-order valence-electron chi connectivity index (χ2n) is 6.93. The highest BCUT2D eigenvalue weighted by molar-refractivity contribution is 9.10. The van der Waals surface area contributed by atoms with Gasteiger partial charge in [0.15, 0.2) is 11.5 Å². The van der Waals surface area contributed by atoms with Crippen LogP contribution in [0.5, 0.6) is 11.5 Å². The molecule has 1 saturated heterocycles. The molecule has 2 fully saturated rings. The summed E-state index contributed by atoms with van der Waals surface area (Å²) in [5.41, 5.74) is 0.950. The van der Waals surface area contributed by atoms with Crippen molar-refractivity contribution in [1.82, 2.24) is 10.2 Å². The van der Waals surface area contributed by atoms with Gasteiger partial charge in [0.05, 0.1) is 10.4 Å². The van der Waals surface area contributed by atoms with Crippen LogP contribution in [0, 0.1) is 11.8 Å². The first kappa shape index (κ1) is 16.7. The SMILES string of the molecule is O=C(NCc1cc(Br)c2c(c1)OCO2)[C@H]1CCCN(C(=O)C2CC2)C1. The molecule has 1 saturated carbocycles. The Balaban J connectivity index is 1.34. The molecule has 6 nitrogen and oxygen atoms in total. The predicted octanol–water partition coefficient (Wildman–Crippen LogP) is 2.44. The Bertz CT molecular complexity index is 705. The number of nitrogens with one attached hydrogen (secondary N) is 1. The molecule has 25 heavy (non-hydrogen) atoms. The average molecular weight is 409 g/mol. The Hall–Kier alpha value is -1.76. The van der Waals surface area contributed by atoms with E-state index in [1.807, 2.05) is 17.0 Å². The van der Waals surface area contributed by atoms with Crippen molar-refractivity contribution in [3.8, 4) is 11.5 Å². The molecular weight excluding hydrogens is 388 g/mol. The van der Waals surface area contributed by atoms with Gasteiger partial charge in [-0.2, -0.15) is 0 Å². The molecule has 0 bridgehead atoms. The van der Waals surface area contributed by atoms with Crippen molar-refractivity contribution in [2.75, 3.05) is 19.9 Å². The molecule has 0 radical (unpaired) electrons. The van der Waals surface area contributed by atoms with Crippen LogP contribution in [0.1, 0.15) is 31.2 Å². The fraction of sp³-hybridized carbons (Fsp3) is 0.556. The molecule has 7 heteroatoms. The number of fused-ring (bicyclic) bond motifs is 1. The quantitative estimate of drug-likeness (QED) is 0.830. The monoisotopic (exact) mass is 408 g/mol. The van der Waals surface area contributed by atoms with Crippen LogP contribution in [-0.4, -0.2) is 36.6 Å². The summed E-state index contributed by atoms with van der Waals surface area (Å²) in [5.74, 6) is 1.75. The van der Waals surface area contributed by atoms with Gasteiger partial charge in [0.1, 0.15) is 0 Å². The molecule has 0 spiro atoms. The van der Waals surface area contributed by atoms with Gasteiger partial charge < -0.3 is 19.7 Å². The van der Waals surface area contributed by atoms with E-state index >= 15 is 0 Å². The predicted molar refractivity (Wildman–Crippen MR) is 94.1 cm³/mol. The lowest BCUT2D eigenvalue weighted by Gasteiger charge is -2.32. The summed E-state index contributed by atoms with van der Waals surface area (Å²) < 4.78 is 11.6. The first-order chi connectivity index (χ1) is 12.1. The summed E-state index contributed by atoms with van der Waals surface area (Å²) in [6, 6.07) is 3.81. The molecule has 1 aromatic rings. The fourth-order valence-electron chi connectivity index (χ4n) is 3.44. The van der Waals surface area contributed by atoms with E-state index in [4.69, 9.17) is 9.47 Å². The maximum Gasteiger partial charge on any atom is 0.231 e. The highest BCUT2D eigenvalue weighted by atomic mass is 79.9. The van der Waals surface area contributed by atoms with Crippen molar-refractivity contribution >= 4 is 27.7 Å². The molecule has 1 atom stereocenters. The van der Waals surface area contributed by atoms with E-state index in [1.54, 1.807) is 0 Å². The molecule has 2 amide bonds. The third-order valence-corrected chi connectivity index (χ3v) is 5.57. The summed E-state index contributed by atoms with van der Waals surface area (Å²) >= 11 is 3.46. The lowest BCUT2D eigenvalue weighted by Crippen LogP contribution is -2.45. The molecule has 0 unspecified atom stereocenters. The zero-order valence-electron chi connectivity index (χ0n) is 13.9. The topological polar surface area (TPSA) is 67.9 Å². The van der Waals surface area contributed by atoms with Gasteiger partial charge in [0.2, 0.25) is 18.6 Å². The number of rotatable bonds is 4. The van der Waals surface area contributed by atoms with Crippen LogP contribution in [0.4, 0.5) is 0 Å². The van der Waals surface area contributed by atoms with Gasteiger partial charge in [-0.25, -0.2) is 0 Å². The number of hydrogen-bond donors (Lipinski definition) is 1. The van der Waals surface area contributed by atoms with Crippen molar-refractivity contribution in [3.63, 3.8) is 0 Å². The number of nitrogens with zero attached hydrogens (tertiary/aromatic N) is 1. The Morgan fingerprint density at radius 1 is 1.20 bits per heavy atom. The molecule has 0 aromatic heterocycles. The van der Waals surface area contributed by atoms with Crippen molar-refractivity contribution in [1.29, 1.82) is 0 Å². The molecule has 1 aromatic carbocycles. The standard InChI is InChI=1S/C18H21BrN2O4/c19-14-6-11(7-15-16(14)25-10-24-15)8-20-17(22)13-2-1-5-21(9-13)18(23)12-3-4-12/h6-7,12-13H,1-5,8-10H2,(H,20,22)/t13-/m0/s1. The van der Waals surface area contributed by atoms with Gasteiger partial charge >= 0.3 is 0 Å². The number of likely N-dealkylation sites (tertiary alicyclic amines) is 1. The van der Waals surface area contributed by atoms with E-state index in [2.05, 4.69) is 21.2 Å². The van der Waals surface area contributed by atoms with Crippen LogP contribution < -0.4 is 14.8 Å². The number of piperidine rings is 1. The second kappa shape index (κ2) is 6.86. The normalized spacial score (nSPS) is 22.0. The van der Waals surface area contributed by atoms with E-state index in [9.17, 15) is 9.59 Å². The zero-order chi connectivity index (χ0) is 17.4. The zero-order valence-corrected chi connectivity index (χ0v) is 15.5. The first-order valence-corrected chi connectivity index (χ1v) is 9.55. The van der Waals surface area contributed by atoms with E-state index in [0.29, 0.717) is 24.6 Å². The molecule has 134 valence electrons. The number of carbonyl (C=O) groups excluding carboxylic acids is 2. The van der Waals surface area contributed by atoms with Crippen LogP contribution in [0.2, 0.25) is 0 Å². The van der Waals surface area contributed by atoms with Gasteiger partial charge in [-0.05, 0) is 59.3 Å². The van der Waals surface area contributed by atoms with Crippen LogP contribution in [0.15, 0.2) is 16.6 Å². The molecule has 2 heterocycles. The smallest absolute Gasteiger partial charge is 0.231 e. The maximum atomic E-state index is 12.5. The average Bonchev–Trinajstić information content (AvgIpc) is 3.36. The minimum atomic E-state index is -0.117. The molecule has 1 N–H and O–H groups in total. The van der Waals surface area contributed by atoms with Gasteiger partial charge in [0.25, 0.3) is 0 Å². The molecular formula is C18H21BrN2O4. The number of halogens is 1. The minimum absolute atomic E-state index is 0.0158. The van der Waals surface area contributed by atoms with Crippen LogP contribution in [-0.2, 0) is 16.1 Å². The maximum absolute atomic E-state index is 12.5. The Kier molecular flexibility index (Phi) is 4.58. The van der Waals surface area contributed by atoms with Gasteiger partial charge in [-0.3, -0.25) is 9.59 Å². The highest BCUT2D eigenvalue weighted by Crippen LogP contribution is 2.40. The highest BCUT2D eigenvalue weighted by Gasteiger charge is 2.36. The number of benzene rings is 1. The summed E-state index contributed by atoms with van der Waals surface area (Å²) in [6.45, 7) is 1.98. The molecule has 4 rings (SSSR count). The summed E-state index contributed by atoms with van der Waals surface area (Å²) in [5, 5.41) is 3.00. The molecule has 2 aliphatic heterocycles. The second-order valence-corrected chi connectivity index (χ2v) is 7.78. The lowest BCUT2D eigenvalue weighted by molar-refractivity contribution is -0.136. The van der Waals surface area contributed by atoms with Gasteiger partial charge in [0, 0.05) is 25.6 Å². The number of hydrogen-bond acceptors (Lipinski definition) is 4. The lowest BCUT2D eigenvalue weighted by atomic mass is 9.96. The van der Waals surface area contributed by atoms with Gasteiger partial charge in [-0.1, -0.05) is 0 Å². The number of amides is 2. The van der Waals surface area contributed by atoms with E-state index in [0.717, 1.165) is 42.3 Å². The van der Waals surface area contributed by atoms with Crippen LogP contribution in [0.3, 0.4) is 0 Å². The van der Waals surface area contributed by atoms with E-state index < -0.39 is 0 Å². The largest absolute Gasteiger partial charge is 0.454 e. The summed E-state index contributed by atoms with van der Waals surface area (Å²) in [4.78, 5) is 26.6. The number of ether oxygens (including phenoxy) is 2. The Morgan fingerprint density at radius 3 is 2.84 bits per heavy atom. The molecule has 1 aliphatic carbocycles. The number of carbonyl (C=O) groups is 2. The van der Waals surface area contributed by atoms with E-state index in [-0.39, 0.29) is 30.4 Å². The van der Waals surface area contributed by atoms with Crippen molar-refractivity contribution in [2.24, 2.45) is 11.8 Å². The van der Waals surface area contributed by atoms with Crippen LogP contribution in [0.25, 0.3) is 0 Å². The molecule has 3 aliphatic rings. The third kappa shape index (κ3) is 3.61. The third-order valence-electron chi connectivity index (χ3n) is 4.98. The van der Waals surface area contributed by atoms with Crippen LogP contribution >= 0.6 is 15.9 Å². The van der Waals surface area contributed by atoms with Crippen molar-refractivity contribution < 1.29 is 19.1 Å². The summed E-state index contributed by atoms with van der Waals surface area (Å²) in [7, 11) is 0. The van der Waals surface area contributed by atoms with Gasteiger partial charge in [-0.15, -0.1) is 0 Å². The first-order valence-electron chi connectivity index (χ1n) is 8.76. The fourth-order valence-corrected chi connectivity index (χ4v) is 4.04. The van der Waals surface area contributed by atoms with Crippen molar-refractivity contribution in [2.45, 2.75) is 32.2 Å². The van der Waals surface area contributed by atoms with E-state index in [1.165, 1.54) is 0 Å².